The number of fused-ring (bicyclic) bond motifs is 1. The van der Waals surface area contributed by atoms with Crippen LogP contribution in [0.3, 0.4) is 0 Å². The lowest BCUT2D eigenvalue weighted by Crippen LogP contribution is -2.46. The molecule has 0 spiro atoms. The van der Waals surface area contributed by atoms with Crippen LogP contribution in [0.5, 0.6) is 0 Å². The van der Waals surface area contributed by atoms with E-state index in [0.29, 0.717) is 23.5 Å². The highest BCUT2D eigenvalue weighted by molar-refractivity contribution is 5.79. The van der Waals surface area contributed by atoms with Gasteiger partial charge < -0.3 is 4.90 Å². The number of nitrogens with zero attached hydrogens (tertiary/aromatic N) is 1. The van der Waals surface area contributed by atoms with Crippen LogP contribution < -0.4 is 0 Å². The Kier molecular flexibility index (Phi) is 6.26. The predicted octanol–water partition coefficient (Wildman–Crippen LogP) is 6.15. The molecule has 30 heavy (non-hydrogen) atoms. The highest BCUT2D eigenvalue weighted by atomic mass is 16.2. The normalized spacial score (nSPS) is 39.7. The van der Waals surface area contributed by atoms with Crippen molar-refractivity contribution in [2.24, 2.45) is 35.0 Å². The zero-order valence-corrected chi connectivity index (χ0v) is 19.1. The molecule has 5 saturated carbocycles. The third-order valence-corrected chi connectivity index (χ3v) is 9.73. The Bertz CT molecular complexity index is 605. The number of hydrogen-bond acceptors (Lipinski definition) is 2. The SMILES string of the molecule is O=C(CCCCCC(=O)N1CCC2CCCCC2C1)CC12CC3CC(CC(C3)C1)C2. The molecule has 1 amide bonds. The number of rotatable bonds is 8. The standard InChI is InChI=1S/C27H43NO2/c29-25(18-27-15-20-12-21(16-27)14-22(13-20)17-27)8-2-1-3-9-26(30)28-11-10-23-6-4-5-7-24(23)19-28/h20-24H,1-19H2. The molecule has 3 nitrogen and oxygen atoms in total. The Morgan fingerprint density at radius 1 is 0.767 bits per heavy atom. The first-order valence-corrected chi connectivity index (χ1v) is 13.4. The first-order valence-electron chi connectivity index (χ1n) is 13.4. The fourth-order valence-corrected chi connectivity index (χ4v) is 8.77. The van der Waals surface area contributed by atoms with Crippen LogP contribution in [0, 0.1) is 35.0 Å². The average molecular weight is 414 g/mol. The van der Waals surface area contributed by atoms with E-state index in [2.05, 4.69) is 4.90 Å². The highest BCUT2D eigenvalue weighted by Gasteiger charge is 2.51. The van der Waals surface area contributed by atoms with E-state index in [0.717, 1.165) is 74.8 Å². The van der Waals surface area contributed by atoms with E-state index >= 15 is 0 Å². The van der Waals surface area contributed by atoms with Crippen molar-refractivity contribution < 1.29 is 9.59 Å². The van der Waals surface area contributed by atoms with Gasteiger partial charge in [0, 0.05) is 32.4 Å². The lowest BCUT2D eigenvalue weighted by atomic mass is 9.48. The number of carbonyl (C=O) groups is 2. The molecule has 0 aromatic rings. The molecule has 5 aliphatic carbocycles. The Morgan fingerprint density at radius 3 is 2.10 bits per heavy atom. The third-order valence-electron chi connectivity index (χ3n) is 9.73. The van der Waals surface area contributed by atoms with Gasteiger partial charge in [-0.15, -0.1) is 0 Å². The Labute approximate surface area is 183 Å². The maximum Gasteiger partial charge on any atom is 0.222 e. The number of carbonyl (C=O) groups excluding carboxylic acids is 2. The summed E-state index contributed by atoms with van der Waals surface area (Å²) in [4.78, 5) is 27.5. The van der Waals surface area contributed by atoms with Gasteiger partial charge in [-0.25, -0.2) is 0 Å². The lowest BCUT2D eigenvalue weighted by molar-refractivity contribution is -0.134. The van der Waals surface area contributed by atoms with Crippen LogP contribution in [0.15, 0.2) is 0 Å². The number of Topliss-reactive ketones (excluding diaryl/α,β-unsaturated/α-hetero) is 1. The third kappa shape index (κ3) is 4.65. The molecule has 0 radical (unpaired) electrons. The van der Waals surface area contributed by atoms with Crippen LogP contribution in [0.1, 0.15) is 109 Å². The van der Waals surface area contributed by atoms with E-state index in [1.807, 2.05) is 0 Å². The predicted molar refractivity (Wildman–Crippen MR) is 120 cm³/mol. The van der Waals surface area contributed by atoms with Crippen molar-refractivity contribution in [3.8, 4) is 0 Å². The van der Waals surface area contributed by atoms with E-state index in [-0.39, 0.29) is 0 Å². The Balaban J connectivity index is 0.978. The summed E-state index contributed by atoms with van der Waals surface area (Å²) in [7, 11) is 0. The molecular weight excluding hydrogens is 370 g/mol. The molecule has 6 aliphatic rings. The van der Waals surface area contributed by atoms with Gasteiger partial charge in [-0.05, 0) is 99.2 Å². The second-order valence-corrected chi connectivity index (χ2v) is 12.1. The van der Waals surface area contributed by atoms with Gasteiger partial charge in [0.15, 0.2) is 0 Å². The quantitative estimate of drug-likeness (QED) is 0.447. The molecule has 6 fully saturated rings. The second-order valence-electron chi connectivity index (χ2n) is 12.1. The van der Waals surface area contributed by atoms with E-state index in [1.54, 1.807) is 0 Å². The van der Waals surface area contributed by atoms with Crippen LogP contribution in [0.4, 0.5) is 0 Å². The van der Waals surface area contributed by atoms with E-state index in [9.17, 15) is 9.59 Å². The summed E-state index contributed by atoms with van der Waals surface area (Å²) < 4.78 is 0. The fourth-order valence-electron chi connectivity index (χ4n) is 8.77. The van der Waals surface area contributed by atoms with E-state index in [1.165, 1.54) is 70.6 Å². The summed E-state index contributed by atoms with van der Waals surface area (Å²) in [5.74, 6) is 5.37. The second kappa shape index (κ2) is 8.94. The number of hydrogen-bond donors (Lipinski definition) is 0. The molecule has 2 atom stereocenters. The van der Waals surface area contributed by atoms with Gasteiger partial charge in [0.25, 0.3) is 0 Å². The van der Waals surface area contributed by atoms with Crippen molar-refractivity contribution in [1.82, 2.24) is 4.90 Å². The maximum absolute atomic E-state index is 12.7. The van der Waals surface area contributed by atoms with Crippen LogP contribution in [-0.4, -0.2) is 29.7 Å². The minimum absolute atomic E-state index is 0.374. The highest BCUT2D eigenvalue weighted by Crippen LogP contribution is 2.61. The smallest absolute Gasteiger partial charge is 0.222 e. The van der Waals surface area contributed by atoms with E-state index in [4.69, 9.17) is 0 Å². The average Bonchev–Trinajstić information content (AvgIpc) is 2.71. The molecule has 0 aromatic heterocycles. The van der Waals surface area contributed by atoms with Crippen molar-refractivity contribution in [2.75, 3.05) is 13.1 Å². The number of likely N-dealkylation sites (tertiary alicyclic amines) is 1. The van der Waals surface area contributed by atoms with Crippen LogP contribution in [0.25, 0.3) is 0 Å². The molecule has 4 bridgehead atoms. The molecule has 168 valence electrons. The van der Waals surface area contributed by atoms with Crippen molar-refractivity contribution >= 4 is 11.7 Å². The zero-order chi connectivity index (χ0) is 20.6. The number of unbranched alkanes of at least 4 members (excludes halogenated alkanes) is 2. The summed E-state index contributed by atoms with van der Waals surface area (Å²) in [6.45, 7) is 2.01. The molecule has 6 rings (SSSR count). The Morgan fingerprint density at radius 2 is 1.40 bits per heavy atom. The molecule has 0 N–H and O–H groups in total. The molecular formula is C27H43NO2. The first-order chi connectivity index (χ1) is 14.6. The van der Waals surface area contributed by atoms with Gasteiger partial charge in [0.1, 0.15) is 5.78 Å². The van der Waals surface area contributed by atoms with Crippen LogP contribution in [0.2, 0.25) is 0 Å². The molecule has 1 saturated heterocycles. The molecule has 1 aliphatic heterocycles. The number of ketones is 1. The molecule has 2 unspecified atom stereocenters. The van der Waals surface area contributed by atoms with Crippen LogP contribution in [-0.2, 0) is 9.59 Å². The maximum atomic E-state index is 12.7. The van der Waals surface area contributed by atoms with Crippen molar-refractivity contribution in [1.29, 1.82) is 0 Å². The lowest BCUT2D eigenvalue weighted by Gasteiger charge is -2.56. The summed E-state index contributed by atoms with van der Waals surface area (Å²) in [5.41, 5.74) is 0.396. The van der Waals surface area contributed by atoms with Crippen molar-refractivity contribution in [3.05, 3.63) is 0 Å². The van der Waals surface area contributed by atoms with Crippen LogP contribution >= 0.6 is 0 Å². The monoisotopic (exact) mass is 413 g/mol. The fraction of sp³-hybridized carbons (Fsp3) is 0.926. The van der Waals surface area contributed by atoms with Gasteiger partial charge >= 0.3 is 0 Å². The molecule has 1 heterocycles. The van der Waals surface area contributed by atoms with Gasteiger partial charge in [-0.2, -0.15) is 0 Å². The molecule has 3 heteroatoms. The largest absolute Gasteiger partial charge is 0.342 e. The topological polar surface area (TPSA) is 37.4 Å². The van der Waals surface area contributed by atoms with E-state index < -0.39 is 0 Å². The van der Waals surface area contributed by atoms with Crippen molar-refractivity contribution in [2.45, 2.75) is 109 Å². The minimum atomic E-state index is 0.374. The van der Waals surface area contributed by atoms with Gasteiger partial charge in [0.05, 0.1) is 0 Å². The number of amides is 1. The Hall–Kier alpha value is -0.860. The minimum Gasteiger partial charge on any atom is -0.342 e. The zero-order valence-electron chi connectivity index (χ0n) is 19.1. The summed E-state index contributed by atoms with van der Waals surface area (Å²) >= 11 is 0. The summed E-state index contributed by atoms with van der Waals surface area (Å²) in [5, 5.41) is 0. The van der Waals surface area contributed by atoms with Gasteiger partial charge in [-0.3, -0.25) is 9.59 Å². The number of piperidine rings is 1. The van der Waals surface area contributed by atoms with Gasteiger partial charge in [0.2, 0.25) is 5.91 Å². The van der Waals surface area contributed by atoms with Crippen molar-refractivity contribution in [3.63, 3.8) is 0 Å². The van der Waals surface area contributed by atoms with Gasteiger partial charge in [-0.1, -0.05) is 25.7 Å². The summed E-state index contributed by atoms with van der Waals surface area (Å²) in [6, 6.07) is 0. The molecule has 0 aromatic carbocycles. The first kappa shape index (κ1) is 21.0. The summed E-state index contributed by atoms with van der Waals surface area (Å²) in [6.07, 6.45) is 20.4.